The maximum Gasteiger partial charge on any atom is 0.0527 e. The van der Waals surface area contributed by atoms with E-state index in [0.29, 0.717) is 6.04 Å². The molecule has 1 atom stereocenters. The van der Waals surface area contributed by atoms with E-state index in [0.717, 1.165) is 19.6 Å². The van der Waals surface area contributed by atoms with Gasteiger partial charge in [0, 0.05) is 17.9 Å². The Kier molecular flexibility index (Phi) is 5.02. The molecule has 0 aliphatic heterocycles. The van der Waals surface area contributed by atoms with E-state index in [1.165, 1.54) is 17.0 Å². The number of benzene rings is 1. The molecule has 108 valence electrons. The fourth-order valence-corrected chi connectivity index (χ4v) is 2.93. The average molecular weight is 270 g/mol. The van der Waals surface area contributed by atoms with Gasteiger partial charge in [0.15, 0.2) is 0 Å². The topological polar surface area (TPSA) is 8.17 Å². The lowest BCUT2D eigenvalue weighted by Gasteiger charge is -2.31. The van der Waals surface area contributed by atoms with Crippen molar-refractivity contribution in [1.29, 1.82) is 0 Å². The van der Waals surface area contributed by atoms with Gasteiger partial charge in [0.2, 0.25) is 0 Å². The molecule has 0 aliphatic carbocycles. The normalized spacial score (nSPS) is 12.8. The Morgan fingerprint density at radius 1 is 0.900 bits per heavy atom. The van der Waals surface area contributed by atoms with Gasteiger partial charge >= 0.3 is 0 Å². The number of likely N-dealkylation sites (N-methyl/N-ethyl adjacent to an activating group) is 1. The molecule has 0 radical (unpaired) electrons. The molecule has 0 saturated carbocycles. The first kappa shape index (κ1) is 14.9. The van der Waals surface area contributed by atoms with Crippen LogP contribution in [-0.4, -0.2) is 22.6 Å². The second-order valence-corrected chi connectivity index (χ2v) is 5.37. The van der Waals surface area contributed by atoms with Crippen LogP contribution in [0.15, 0.2) is 42.5 Å². The fraction of sp³-hybridized carbons (Fsp3) is 0.444. The smallest absolute Gasteiger partial charge is 0.0527 e. The maximum absolute atomic E-state index is 2.54. The molecular formula is C18H26N2. The molecule has 0 N–H and O–H groups in total. The molecule has 1 unspecified atom stereocenters. The molecule has 1 aromatic carbocycles. The van der Waals surface area contributed by atoms with Gasteiger partial charge < -0.3 is 4.57 Å². The van der Waals surface area contributed by atoms with Crippen molar-refractivity contribution in [1.82, 2.24) is 9.47 Å². The summed E-state index contributed by atoms with van der Waals surface area (Å²) in [5.41, 5.74) is 4.09. The number of rotatable bonds is 6. The summed E-state index contributed by atoms with van der Waals surface area (Å²) in [6.45, 7) is 12.1. The van der Waals surface area contributed by atoms with Crippen LogP contribution in [0.2, 0.25) is 0 Å². The first-order chi connectivity index (χ1) is 9.67. The van der Waals surface area contributed by atoms with Gasteiger partial charge in [-0.05, 0) is 44.6 Å². The average Bonchev–Trinajstić information content (AvgIpc) is 2.80. The summed E-state index contributed by atoms with van der Waals surface area (Å²) in [6.07, 6.45) is 0. The van der Waals surface area contributed by atoms with Gasteiger partial charge in [-0.1, -0.05) is 44.2 Å². The number of hydrogen-bond donors (Lipinski definition) is 0. The molecule has 2 nitrogen and oxygen atoms in total. The Bertz CT molecular complexity index is 504. The minimum absolute atomic E-state index is 0.441. The highest BCUT2D eigenvalue weighted by molar-refractivity contribution is 5.21. The molecule has 0 bridgehead atoms. The molecule has 2 rings (SSSR count). The summed E-state index contributed by atoms with van der Waals surface area (Å²) in [5.74, 6) is 0. The molecular weight excluding hydrogens is 244 g/mol. The van der Waals surface area contributed by atoms with Crippen LogP contribution in [-0.2, 0) is 6.54 Å². The van der Waals surface area contributed by atoms with Crippen LogP contribution in [0.3, 0.4) is 0 Å². The highest BCUT2D eigenvalue weighted by Crippen LogP contribution is 2.24. The third-order valence-corrected chi connectivity index (χ3v) is 4.21. The highest BCUT2D eigenvalue weighted by atomic mass is 15.2. The van der Waals surface area contributed by atoms with E-state index in [-0.39, 0.29) is 0 Å². The Balaban J connectivity index is 2.32. The number of aryl methyl sites for hydroxylation is 2. The van der Waals surface area contributed by atoms with E-state index in [1.54, 1.807) is 0 Å². The molecule has 20 heavy (non-hydrogen) atoms. The molecule has 0 amide bonds. The third-order valence-electron chi connectivity index (χ3n) is 4.21. The fourth-order valence-electron chi connectivity index (χ4n) is 2.93. The van der Waals surface area contributed by atoms with Crippen LogP contribution in [0.25, 0.3) is 0 Å². The van der Waals surface area contributed by atoms with Gasteiger partial charge in [0.1, 0.15) is 0 Å². The van der Waals surface area contributed by atoms with Crippen LogP contribution in [0.4, 0.5) is 0 Å². The number of hydrogen-bond acceptors (Lipinski definition) is 1. The second-order valence-electron chi connectivity index (χ2n) is 5.37. The van der Waals surface area contributed by atoms with E-state index in [9.17, 15) is 0 Å². The highest BCUT2D eigenvalue weighted by Gasteiger charge is 2.19. The zero-order valence-electron chi connectivity index (χ0n) is 13.1. The summed E-state index contributed by atoms with van der Waals surface area (Å²) in [6, 6.07) is 15.7. The van der Waals surface area contributed by atoms with Gasteiger partial charge in [-0.3, -0.25) is 4.90 Å². The van der Waals surface area contributed by atoms with E-state index < -0.39 is 0 Å². The Labute approximate surface area is 123 Å². The van der Waals surface area contributed by atoms with Crippen LogP contribution in [0.1, 0.15) is 36.8 Å². The summed E-state index contributed by atoms with van der Waals surface area (Å²) in [4.78, 5) is 2.54. The predicted molar refractivity (Wildman–Crippen MR) is 86.0 cm³/mol. The quantitative estimate of drug-likeness (QED) is 0.764. The molecule has 1 heterocycles. The first-order valence-electron chi connectivity index (χ1n) is 7.59. The van der Waals surface area contributed by atoms with Gasteiger partial charge in [-0.2, -0.15) is 0 Å². The van der Waals surface area contributed by atoms with Crippen molar-refractivity contribution in [2.75, 3.05) is 13.1 Å². The Morgan fingerprint density at radius 3 is 1.95 bits per heavy atom. The monoisotopic (exact) mass is 270 g/mol. The lowest BCUT2D eigenvalue weighted by atomic mass is 10.0. The molecule has 0 saturated heterocycles. The Morgan fingerprint density at radius 2 is 1.45 bits per heavy atom. The summed E-state index contributed by atoms with van der Waals surface area (Å²) in [7, 11) is 0. The lowest BCUT2D eigenvalue weighted by Crippen LogP contribution is -2.32. The second kappa shape index (κ2) is 6.76. The predicted octanol–water partition coefficient (Wildman–Crippen LogP) is 4.19. The number of aromatic nitrogens is 1. The minimum atomic E-state index is 0.441. The van der Waals surface area contributed by atoms with E-state index in [2.05, 4.69) is 79.6 Å². The summed E-state index contributed by atoms with van der Waals surface area (Å²) < 4.78 is 2.43. The molecule has 2 heteroatoms. The van der Waals surface area contributed by atoms with Crippen molar-refractivity contribution in [3.8, 4) is 0 Å². The van der Waals surface area contributed by atoms with Gasteiger partial charge in [0.05, 0.1) is 6.04 Å². The van der Waals surface area contributed by atoms with Crippen LogP contribution >= 0.6 is 0 Å². The van der Waals surface area contributed by atoms with Crippen molar-refractivity contribution in [2.45, 2.75) is 40.3 Å². The molecule has 0 spiro atoms. The van der Waals surface area contributed by atoms with Crippen LogP contribution in [0.5, 0.6) is 0 Å². The molecule has 0 aliphatic rings. The molecule has 0 fully saturated rings. The van der Waals surface area contributed by atoms with Crippen molar-refractivity contribution < 1.29 is 0 Å². The van der Waals surface area contributed by atoms with Crippen molar-refractivity contribution in [2.24, 2.45) is 0 Å². The molecule has 2 aromatic rings. The summed E-state index contributed by atoms with van der Waals surface area (Å²) in [5, 5.41) is 0. The van der Waals surface area contributed by atoms with Crippen molar-refractivity contribution in [3.05, 3.63) is 59.4 Å². The van der Waals surface area contributed by atoms with Crippen molar-refractivity contribution >= 4 is 0 Å². The minimum Gasteiger partial charge on any atom is -0.347 e. The van der Waals surface area contributed by atoms with E-state index in [4.69, 9.17) is 0 Å². The largest absolute Gasteiger partial charge is 0.347 e. The molecule has 1 aromatic heterocycles. The van der Waals surface area contributed by atoms with Gasteiger partial charge in [-0.25, -0.2) is 0 Å². The van der Waals surface area contributed by atoms with Gasteiger partial charge in [-0.15, -0.1) is 0 Å². The zero-order valence-corrected chi connectivity index (χ0v) is 13.1. The summed E-state index contributed by atoms with van der Waals surface area (Å²) >= 11 is 0. The standard InChI is InChI=1S/C18H26N2/c1-5-19(6-2)18(17-10-8-7-9-11-17)14-20-15(3)12-13-16(20)4/h7-13,18H,5-6,14H2,1-4H3. The van der Waals surface area contributed by atoms with Crippen LogP contribution < -0.4 is 0 Å². The maximum atomic E-state index is 2.54. The zero-order chi connectivity index (χ0) is 14.5. The Hall–Kier alpha value is -1.54. The number of nitrogens with zero attached hydrogens (tertiary/aromatic N) is 2. The SMILES string of the molecule is CCN(CC)C(Cn1c(C)ccc1C)c1ccccc1. The first-order valence-corrected chi connectivity index (χ1v) is 7.59. The van der Waals surface area contributed by atoms with Crippen molar-refractivity contribution in [3.63, 3.8) is 0 Å². The van der Waals surface area contributed by atoms with Crippen LogP contribution in [0, 0.1) is 13.8 Å². The van der Waals surface area contributed by atoms with Gasteiger partial charge in [0.25, 0.3) is 0 Å². The van der Waals surface area contributed by atoms with E-state index in [1.807, 2.05) is 0 Å². The van der Waals surface area contributed by atoms with E-state index >= 15 is 0 Å². The lowest BCUT2D eigenvalue weighted by molar-refractivity contribution is 0.196. The third kappa shape index (κ3) is 3.13.